The quantitative estimate of drug-likeness (QED) is 0.587. The van der Waals surface area contributed by atoms with E-state index in [4.69, 9.17) is 0 Å². The lowest BCUT2D eigenvalue weighted by atomic mass is 10.2. The van der Waals surface area contributed by atoms with Gasteiger partial charge in [-0.1, -0.05) is 0 Å². The summed E-state index contributed by atoms with van der Waals surface area (Å²) in [6.07, 6.45) is 9.54. The first-order chi connectivity index (χ1) is 13.8. The van der Waals surface area contributed by atoms with Crippen molar-refractivity contribution in [2.75, 3.05) is 30.3 Å². The number of benzene rings is 1. The molecule has 0 radical (unpaired) electrons. The smallest absolute Gasteiger partial charge is 0.222 e. The number of nitrogens with zero attached hydrogens (tertiary/aromatic N) is 5. The molecule has 1 aromatic carbocycles. The van der Waals surface area contributed by atoms with Gasteiger partial charge in [0.2, 0.25) is 5.91 Å². The Morgan fingerprint density at radius 1 is 1.11 bits per heavy atom. The summed E-state index contributed by atoms with van der Waals surface area (Å²) in [5.74, 6) is 1.76. The van der Waals surface area contributed by atoms with Crippen LogP contribution in [0.15, 0.2) is 55.4 Å². The van der Waals surface area contributed by atoms with Crippen molar-refractivity contribution in [3.05, 3.63) is 55.4 Å². The number of amides is 1. The summed E-state index contributed by atoms with van der Waals surface area (Å²) in [5.41, 5.74) is 1.99. The van der Waals surface area contributed by atoms with Gasteiger partial charge >= 0.3 is 0 Å². The lowest BCUT2D eigenvalue weighted by Gasteiger charge is -2.15. The van der Waals surface area contributed by atoms with Crippen LogP contribution in [0.1, 0.15) is 19.3 Å². The summed E-state index contributed by atoms with van der Waals surface area (Å²) in [6, 6.07) is 9.91. The Morgan fingerprint density at radius 3 is 2.71 bits per heavy atom. The van der Waals surface area contributed by atoms with Gasteiger partial charge in [-0.3, -0.25) is 4.79 Å². The van der Waals surface area contributed by atoms with Gasteiger partial charge in [0.05, 0.1) is 6.33 Å². The minimum atomic E-state index is 0.271. The zero-order chi connectivity index (χ0) is 19.2. The van der Waals surface area contributed by atoms with Crippen LogP contribution in [0.4, 0.5) is 17.3 Å². The number of imidazole rings is 1. The van der Waals surface area contributed by atoms with E-state index in [9.17, 15) is 4.79 Å². The van der Waals surface area contributed by atoms with Crippen LogP contribution in [0.3, 0.4) is 0 Å². The first-order valence-corrected chi connectivity index (χ1v) is 9.47. The van der Waals surface area contributed by atoms with Crippen molar-refractivity contribution in [1.82, 2.24) is 24.4 Å². The second kappa shape index (κ2) is 8.51. The van der Waals surface area contributed by atoms with Gasteiger partial charge in [0, 0.05) is 55.9 Å². The van der Waals surface area contributed by atoms with Gasteiger partial charge < -0.3 is 20.1 Å². The van der Waals surface area contributed by atoms with E-state index >= 15 is 0 Å². The number of rotatable bonds is 8. The summed E-state index contributed by atoms with van der Waals surface area (Å²) in [6.45, 7) is 2.45. The van der Waals surface area contributed by atoms with E-state index in [0.29, 0.717) is 6.42 Å². The fourth-order valence-electron chi connectivity index (χ4n) is 3.23. The zero-order valence-electron chi connectivity index (χ0n) is 15.6. The van der Waals surface area contributed by atoms with Gasteiger partial charge in [-0.05, 0) is 37.1 Å². The second-order valence-electron chi connectivity index (χ2n) is 6.69. The van der Waals surface area contributed by atoms with Crippen LogP contribution in [0.25, 0.3) is 5.69 Å². The van der Waals surface area contributed by atoms with E-state index in [0.717, 1.165) is 55.5 Å². The Hall–Kier alpha value is -3.42. The molecule has 0 unspecified atom stereocenters. The molecule has 2 aromatic heterocycles. The fraction of sp³-hybridized carbons (Fsp3) is 0.300. The number of hydrogen-bond donors (Lipinski definition) is 2. The first kappa shape index (κ1) is 18.0. The zero-order valence-corrected chi connectivity index (χ0v) is 15.6. The Balaban J connectivity index is 1.29. The molecule has 2 N–H and O–H groups in total. The van der Waals surface area contributed by atoms with Gasteiger partial charge in [-0.25, -0.2) is 15.0 Å². The van der Waals surface area contributed by atoms with Crippen LogP contribution in [0.5, 0.6) is 0 Å². The molecule has 1 fully saturated rings. The van der Waals surface area contributed by atoms with Crippen LogP contribution >= 0.6 is 0 Å². The standard InChI is InChI=1S/C20H23N7O/c28-20-3-1-10-26(20)11-2-8-22-18-13-19(24-14-23-18)25-16-4-6-17(7-5-16)27-12-9-21-15-27/h4-7,9,12-15H,1-3,8,10-11H2,(H2,22,23,24,25). The fourth-order valence-corrected chi connectivity index (χ4v) is 3.23. The van der Waals surface area contributed by atoms with Crippen LogP contribution in [0.2, 0.25) is 0 Å². The van der Waals surface area contributed by atoms with Crippen molar-refractivity contribution >= 4 is 23.2 Å². The monoisotopic (exact) mass is 377 g/mol. The molecule has 0 spiro atoms. The molecule has 0 aliphatic carbocycles. The van der Waals surface area contributed by atoms with Gasteiger partial charge in [0.1, 0.15) is 18.0 Å². The normalized spacial score (nSPS) is 13.7. The molecule has 1 aliphatic heterocycles. The maximum atomic E-state index is 11.6. The van der Waals surface area contributed by atoms with Gasteiger partial charge in [0.25, 0.3) is 0 Å². The van der Waals surface area contributed by atoms with Gasteiger partial charge in [0.15, 0.2) is 0 Å². The third-order valence-electron chi connectivity index (χ3n) is 4.69. The molecule has 3 aromatic rings. The summed E-state index contributed by atoms with van der Waals surface area (Å²) in [4.78, 5) is 26.1. The van der Waals surface area contributed by atoms with E-state index in [-0.39, 0.29) is 5.91 Å². The van der Waals surface area contributed by atoms with E-state index < -0.39 is 0 Å². The average molecular weight is 377 g/mol. The summed E-state index contributed by atoms with van der Waals surface area (Å²) in [7, 11) is 0. The highest BCUT2D eigenvalue weighted by Gasteiger charge is 2.18. The van der Waals surface area contributed by atoms with Crippen molar-refractivity contribution in [2.24, 2.45) is 0 Å². The lowest BCUT2D eigenvalue weighted by molar-refractivity contribution is -0.127. The Morgan fingerprint density at radius 2 is 1.96 bits per heavy atom. The predicted molar refractivity (Wildman–Crippen MR) is 108 cm³/mol. The van der Waals surface area contributed by atoms with Crippen molar-refractivity contribution in [3.8, 4) is 5.69 Å². The highest BCUT2D eigenvalue weighted by atomic mass is 16.2. The molecule has 1 aliphatic rings. The average Bonchev–Trinajstić information content (AvgIpc) is 3.38. The maximum Gasteiger partial charge on any atom is 0.222 e. The van der Waals surface area contributed by atoms with Crippen LogP contribution in [0, 0.1) is 0 Å². The molecule has 3 heterocycles. The number of hydrogen-bond acceptors (Lipinski definition) is 6. The highest BCUT2D eigenvalue weighted by Crippen LogP contribution is 2.18. The van der Waals surface area contributed by atoms with Crippen LogP contribution in [-0.4, -0.2) is 50.0 Å². The molecule has 0 saturated carbocycles. The topological polar surface area (TPSA) is 88.0 Å². The van der Waals surface area contributed by atoms with E-state index in [2.05, 4.69) is 25.6 Å². The molecule has 0 bridgehead atoms. The number of aromatic nitrogens is 4. The molecular formula is C20H23N7O. The summed E-state index contributed by atoms with van der Waals surface area (Å²) in [5, 5.41) is 6.59. The molecule has 0 atom stereocenters. The van der Waals surface area contributed by atoms with E-state index in [1.54, 1.807) is 12.5 Å². The summed E-state index contributed by atoms with van der Waals surface area (Å²) < 4.78 is 1.95. The molecule has 28 heavy (non-hydrogen) atoms. The predicted octanol–water partition coefficient (Wildman–Crippen LogP) is 2.83. The third-order valence-corrected chi connectivity index (χ3v) is 4.69. The first-order valence-electron chi connectivity index (χ1n) is 9.47. The van der Waals surface area contributed by atoms with Crippen molar-refractivity contribution < 1.29 is 4.79 Å². The number of likely N-dealkylation sites (tertiary alicyclic amines) is 1. The number of anilines is 3. The minimum absolute atomic E-state index is 0.271. The number of carbonyl (C=O) groups excluding carboxylic acids is 1. The second-order valence-corrected chi connectivity index (χ2v) is 6.69. The Labute approximate surface area is 163 Å². The van der Waals surface area contributed by atoms with Gasteiger partial charge in [-0.15, -0.1) is 0 Å². The Bertz CT molecular complexity index is 909. The van der Waals surface area contributed by atoms with Crippen LogP contribution in [-0.2, 0) is 4.79 Å². The van der Waals surface area contributed by atoms with Crippen molar-refractivity contribution in [3.63, 3.8) is 0 Å². The van der Waals surface area contributed by atoms with E-state index in [1.807, 2.05) is 46.0 Å². The maximum absolute atomic E-state index is 11.6. The van der Waals surface area contributed by atoms with E-state index in [1.165, 1.54) is 6.33 Å². The molecule has 144 valence electrons. The molecular weight excluding hydrogens is 354 g/mol. The minimum Gasteiger partial charge on any atom is -0.370 e. The molecule has 1 amide bonds. The van der Waals surface area contributed by atoms with Crippen molar-refractivity contribution in [1.29, 1.82) is 0 Å². The largest absolute Gasteiger partial charge is 0.370 e. The molecule has 8 heteroatoms. The summed E-state index contributed by atoms with van der Waals surface area (Å²) >= 11 is 0. The molecule has 1 saturated heterocycles. The molecule has 4 rings (SSSR count). The molecule has 8 nitrogen and oxygen atoms in total. The SMILES string of the molecule is O=C1CCCN1CCCNc1cc(Nc2ccc(-n3ccnc3)cc2)ncn1. The van der Waals surface area contributed by atoms with Crippen LogP contribution < -0.4 is 10.6 Å². The van der Waals surface area contributed by atoms with Crippen molar-refractivity contribution in [2.45, 2.75) is 19.3 Å². The van der Waals surface area contributed by atoms with Gasteiger partial charge in [-0.2, -0.15) is 0 Å². The third kappa shape index (κ3) is 4.46. The number of carbonyl (C=O) groups is 1. The number of nitrogens with one attached hydrogen (secondary N) is 2. The highest BCUT2D eigenvalue weighted by molar-refractivity contribution is 5.78. The Kier molecular flexibility index (Phi) is 5.46. The lowest BCUT2D eigenvalue weighted by Crippen LogP contribution is -2.27.